The molecule has 4 aromatic heterocycles. The number of thiol groups is 1. The SMILES string of the molecule is Nc1nc2c(nnn2[C@@H]2SC(CCOC[C@H]3C[C@H](c4cnc5c(N)ncnn45)O[C@@H]3COP)[C@@H](O)[C@H]2OS)c(=O)[nH]1. The lowest BCUT2D eigenvalue weighted by molar-refractivity contribution is -0.0100. The highest BCUT2D eigenvalue weighted by atomic mass is 32.2. The summed E-state index contributed by atoms with van der Waals surface area (Å²) in [5, 5.41) is 22.4. The van der Waals surface area contributed by atoms with E-state index in [0.29, 0.717) is 44.1 Å². The molecule has 0 amide bonds. The van der Waals surface area contributed by atoms with Crippen molar-refractivity contribution in [2.24, 2.45) is 5.92 Å². The molecule has 17 nitrogen and oxygen atoms in total. The van der Waals surface area contributed by atoms with E-state index in [2.05, 4.69) is 57.7 Å². The van der Waals surface area contributed by atoms with Crippen LogP contribution in [0.2, 0.25) is 0 Å². The van der Waals surface area contributed by atoms with Gasteiger partial charge >= 0.3 is 0 Å². The molecule has 0 aromatic carbocycles. The Kier molecular flexibility index (Phi) is 8.28. The number of imidazole rings is 1. The van der Waals surface area contributed by atoms with Crippen LogP contribution in [0.5, 0.6) is 0 Å². The topological polar surface area (TPSA) is 229 Å². The molecule has 8 atom stereocenters. The van der Waals surface area contributed by atoms with Crippen molar-refractivity contribution in [2.75, 3.05) is 31.3 Å². The summed E-state index contributed by atoms with van der Waals surface area (Å²) < 4.78 is 26.0. The summed E-state index contributed by atoms with van der Waals surface area (Å²) in [5.74, 6) is 0.272. The molecule has 2 aliphatic rings. The molecule has 220 valence electrons. The minimum absolute atomic E-state index is 0.0416. The van der Waals surface area contributed by atoms with Crippen molar-refractivity contribution in [3.05, 3.63) is 28.6 Å². The Morgan fingerprint density at radius 3 is 2.95 bits per heavy atom. The highest BCUT2D eigenvalue weighted by Gasteiger charge is 2.46. The average molecular weight is 626 g/mol. The molecule has 6 N–H and O–H groups in total. The number of aliphatic hydroxyl groups excluding tert-OH is 1. The normalized spacial score (nSPS) is 28.3. The molecule has 0 aliphatic carbocycles. The number of aromatic amines is 1. The first kappa shape index (κ1) is 28.5. The Bertz CT molecular complexity index is 1590. The van der Waals surface area contributed by atoms with Gasteiger partial charge in [0.25, 0.3) is 5.56 Å². The quantitative estimate of drug-likeness (QED) is 0.0658. The Labute approximate surface area is 244 Å². The maximum absolute atomic E-state index is 12.2. The number of fused-ring (bicyclic) bond motifs is 2. The number of hydrogen-bond acceptors (Lipinski definition) is 16. The lowest BCUT2D eigenvalue weighted by atomic mass is 10.00. The molecule has 2 fully saturated rings. The van der Waals surface area contributed by atoms with Crippen LogP contribution in [0.15, 0.2) is 17.3 Å². The van der Waals surface area contributed by atoms with Gasteiger partial charge in [-0.05, 0) is 25.8 Å². The van der Waals surface area contributed by atoms with Crippen molar-refractivity contribution < 1.29 is 23.3 Å². The number of nitrogens with two attached hydrogens (primary N) is 2. The molecule has 0 saturated carbocycles. The Morgan fingerprint density at radius 1 is 1.29 bits per heavy atom. The summed E-state index contributed by atoms with van der Waals surface area (Å²) in [7, 11) is 2.25. The largest absolute Gasteiger partial charge is 0.389 e. The van der Waals surface area contributed by atoms with E-state index in [1.165, 1.54) is 22.8 Å². The number of ether oxygens (including phenoxy) is 2. The first-order valence-electron chi connectivity index (χ1n) is 12.6. The molecule has 4 aromatic rings. The lowest BCUT2D eigenvalue weighted by Gasteiger charge is -2.19. The molecular formula is C21H28N11O6PS2. The van der Waals surface area contributed by atoms with E-state index in [-0.39, 0.29) is 40.5 Å². The first-order chi connectivity index (χ1) is 19.9. The molecule has 20 heteroatoms. The second kappa shape index (κ2) is 11.9. The summed E-state index contributed by atoms with van der Waals surface area (Å²) in [5.41, 5.74) is 12.6. The maximum Gasteiger partial charge on any atom is 0.282 e. The van der Waals surface area contributed by atoms with Crippen molar-refractivity contribution in [1.29, 1.82) is 0 Å². The van der Waals surface area contributed by atoms with E-state index in [9.17, 15) is 9.90 Å². The summed E-state index contributed by atoms with van der Waals surface area (Å²) in [6, 6.07) is 0. The molecule has 2 unspecified atom stereocenters. The highest BCUT2D eigenvalue weighted by Crippen LogP contribution is 2.45. The van der Waals surface area contributed by atoms with Gasteiger partial charge in [-0.25, -0.2) is 19.2 Å². The Balaban J connectivity index is 1.08. The van der Waals surface area contributed by atoms with Gasteiger partial charge in [0.05, 0.1) is 37.3 Å². The number of nitrogen functional groups attached to an aromatic ring is 2. The van der Waals surface area contributed by atoms with E-state index in [1.807, 2.05) is 0 Å². The Hall–Kier alpha value is -2.64. The van der Waals surface area contributed by atoms with Crippen LogP contribution in [0.4, 0.5) is 11.8 Å². The lowest BCUT2D eigenvalue weighted by Crippen LogP contribution is -2.33. The molecule has 41 heavy (non-hydrogen) atoms. The number of rotatable bonds is 10. The highest BCUT2D eigenvalue weighted by molar-refractivity contribution is 8.00. The fraction of sp³-hybridized carbons (Fsp3) is 0.571. The standard InChI is InChI=1S/C21H28N11O6PS2/c22-16-18-24-4-9(31(18)26-7-25-16)10-3-8(11(37-10)6-36-39)5-35-2-1-12-14(33)15(38-40)20(41-12)32-17-13(29-30-32)19(34)28-21(23)27-17/h4,7-8,10-12,14-15,20,33,40H,1-3,5-6,39H2,(H2,22,25,26)(H3,23,27,28,34)/t8-,10-,11-,12?,14-,15-,20-/m1/s1. The molecular weight excluding hydrogens is 597 g/mol. The fourth-order valence-corrected chi connectivity index (χ4v) is 7.29. The van der Waals surface area contributed by atoms with Gasteiger partial charge in [0.1, 0.15) is 23.9 Å². The molecule has 2 aliphatic heterocycles. The van der Waals surface area contributed by atoms with Gasteiger partial charge in [-0.3, -0.25) is 9.78 Å². The smallest absolute Gasteiger partial charge is 0.282 e. The van der Waals surface area contributed by atoms with Gasteiger partial charge in [-0.2, -0.15) is 10.1 Å². The van der Waals surface area contributed by atoms with Gasteiger partial charge in [-0.1, -0.05) is 5.21 Å². The van der Waals surface area contributed by atoms with Crippen LogP contribution in [0.3, 0.4) is 0 Å². The van der Waals surface area contributed by atoms with E-state index >= 15 is 0 Å². The third kappa shape index (κ3) is 5.36. The predicted molar refractivity (Wildman–Crippen MR) is 153 cm³/mol. The number of aromatic nitrogens is 9. The Morgan fingerprint density at radius 2 is 2.15 bits per heavy atom. The van der Waals surface area contributed by atoms with Gasteiger partial charge < -0.3 is 34.8 Å². The zero-order valence-electron chi connectivity index (χ0n) is 21.4. The average Bonchev–Trinajstić information content (AvgIpc) is 3.72. The minimum Gasteiger partial charge on any atom is -0.389 e. The van der Waals surface area contributed by atoms with Crippen LogP contribution < -0.4 is 17.0 Å². The van der Waals surface area contributed by atoms with Gasteiger partial charge in [0.2, 0.25) is 5.95 Å². The molecule has 6 heterocycles. The van der Waals surface area contributed by atoms with E-state index < -0.39 is 23.1 Å². The monoisotopic (exact) mass is 625 g/mol. The van der Waals surface area contributed by atoms with Crippen LogP contribution in [-0.2, 0) is 18.2 Å². The van der Waals surface area contributed by atoms with Crippen LogP contribution >= 0.6 is 34.1 Å². The van der Waals surface area contributed by atoms with E-state index in [1.54, 1.807) is 10.7 Å². The molecule has 0 radical (unpaired) electrons. The number of thioether (sulfide) groups is 1. The van der Waals surface area contributed by atoms with Crippen molar-refractivity contribution in [1.82, 2.24) is 44.5 Å². The van der Waals surface area contributed by atoms with Crippen LogP contribution in [-0.4, -0.2) is 93.0 Å². The number of H-pyrrole nitrogens is 1. The van der Waals surface area contributed by atoms with Crippen molar-refractivity contribution in [2.45, 2.75) is 47.9 Å². The minimum atomic E-state index is -0.883. The summed E-state index contributed by atoms with van der Waals surface area (Å²) in [6.07, 6.45) is 2.17. The third-order valence-corrected chi connectivity index (χ3v) is 9.28. The second-order valence-electron chi connectivity index (χ2n) is 9.70. The number of hydrogen-bond donors (Lipinski definition) is 5. The molecule has 6 rings (SSSR count). The predicted octanol–water partition coefficient (Wildman–Crippen LogP) is -0.319. The van der Waals surface area contributed by atoms with Crippen LogP contribution in [0.1, 0.15) is 30.0 Å². The van der Waals surface area contributed by atoms with Gasteiger partial charge in [0, 0.05) is 27.2 Å². The summed E-state index contributed by atoms with van der Waals surface area (Å²) >= 11 is 5.39. The van der Waals surface area contributed by atoms with Gasteiger partial charge in [-0.15, -0.1) is 16.9 Å². The van der Waals surface area contributed by atoms with E-state index in [0.717, 1.165) is 5.69 Å². The first-order valence-corrected chi connectivity index (χ1v) is 14.4. The zero-order chi connectivity index (χ0) is 28.7. The number of aliphatic hydroxyl groups is 1. The molecule has 0 spiro atoms. The fourth-order valence-electron chi connectivity index (χ4n) is 5.24. The number of nitrogens with one attached hydrogen (secondary N) is 1. The number of nitrogens with zero attached hydrogens (tertiary/aromatic N) is 8. The van der Waals surface area contributed by atoms with E-state index in [4.69, 9.17) is 29.6 Å². The molecule has 2 saturated heterocycles. The van der Waals surface area contributed by atoms with Crippen molar-refractivity contribution in [3.63, 3.8) is 0 Å². The van der Waals surface area contributed by atoms with Crippen molar-refractivity contribution in [3.8, 4) is 0 Å². The summed E-state index contributed by atoms with van der Waals surface area (Å²) in [6.45, 7) is 1.17. The van der Waals surface area contributed by atoms with Crippen LogP contribution in [0.25, 0.3) is 16.8 Å². The van der Waals surface area contributed by atoms with Crippen LogP contribution in [0, 0.1) is 5.92 Å². The number of anilines is 2. The van der Waals surface area contributed by atoms with Gasteiger partial charge in [0.15, 0.2) is 22.6 Å². The third-order valence-electron chi connectivity index (χ3n) is 7.24. The molecule has 0 bridgehead atoms. The zero-order valence-corrected chi connectivity index (χ0v) is 24.3. The maximum atomic E-state index is 12.2. The van der Waals surface area contributed by atoms with Crippen molar-refractivity contribution >= 4 is 62.7 Å². The summed E-state index contributed by atoms with van der Waals surface area (Å²) in [4.78, 5) is 27.0. The second-order valence-corrected chi connectivity index (χ2v) is 11.6.